The van der Waals surface area contributed by atoms with Gasteiger partial charge in [0.05, 0.1) is 5.41 Å². The summed E-state index contributed by atoms with van der Waals surface area (Å²) in [7, 11) is 0. The predicted octanol–water partition coefficient (Wildman–Crippen LogP) is 9.34. The standard InChI is InChI=1S/C39H30O2S2/c1-2-7-27-20-37-36(19-26(27)6-1)35-18-9-25-5-3-4-8-34(25)38(35)39(37,28-10-14-30(15-11-28)40-21-32-23-42-32)29-12-16-31(17-13-29)41-22-33-24-43-33/h1-20,32-33H,21-24H2. The minimum Gasteiger partial charge on any atom is -0.492 e. The van der Waals surface area contributed by atoms with Crippen LogP contribution in [-0.4, -0.2) is 35.2 Å². The highest BCUT2D eigenvalue weighted by molar-refractivity contribution is 8.07. The molecule has 43 heavy (non-hydrogen) atoms. The van der Waals surface area contributed by atoms with Crippen molar-refractivity contribution < 1.29 is 9.47 Å². The van der Waals surface area contributed by atoms with Crippen molar-refractivity contribution in [2.75, 3.05) is 24.7 Å². The SMILES string of the molecule is c1ccc2cc3c(cc2c1)-c1ccc2ccccc2c1C3(c1ccc(OCC2CS2)cc1)c1ccc(OCC2CS2)cc1. The molecule has 0 bridgehead atoms. The van der Waals surface area contributed by atoms with Gasteiger partial charge in [-0.15, -0.1) is 0 Å². The lowest BCUT2D eigenvalue weighted by atomic mass is 9.66. The Hall–Kier alpha value is -3.86. The van der Waals surface area contributed by atoms with Gasteiger partial charge in [0.15, 0.2) is 0 Å². The van der Waals surface area contributed by atoms with Crippen molar-refractivity contribution in [3.8, 4) is 22.6 Å². The molecule has 1 aliphatic carbocycles. The second-order valence-electron chi connectivity index (χ2n) is 11.8. The van der Waals surface area contributed by atoms with Crippen molar-refractivity contribution in [2.24, 2.45) is 0 Å². The highest BCUT2D eigenvalue weighted by atomic mass is 32.2. The van der Waals surface area contributed by atoms with Gasteiger partial charge in [0.1, 0.15) is 24.7 Å². The summed E-state index contributed by atoms with van der Waals surface area (Å²) in [5.74, 6) is 4.27. The van der Waals surface area contributed by atoms with E-state index in [0.29, 0.717) is 10.5 Å². The van der Waals surface area contributed by atoms with Crippen molar-refractivity contribution in [1.82, 2.24) is 0 Å². The van der Waals surface area contributed by atoms with Crippen LogP contribution < -0.4 is 9.47 Å². The molecule has 6 aromatic rings. The summed E-state index contributed by atoms with van der Waals surface area (Å²) >= 11 is 3.93. The van der Waals surface area contributed by atoms with Crippen LogP contribution in [0.5, 0.6) is 11.5 Å². The minimum atomic E-state index is -0.509. The van der Waals surface area contributed by atoms with Gasteiger partial charge in [-0.05, 0) is 91.3 Å². The summed E-state index contributed by atoms with van der Waals surface area (Å²) in [6, 6.07) is 44.9. The Morgan fingerprint density at radius 2 is 1.09 bits per heavy atom. The zero-order chi connectivity index (χ0) is 28.4. The van der Waals surface area contributed by atoms with Crippen LogP contribution in [0.1, 0.15) is 22.3 Å². The van der Waals surface area contributed by atoms with Gasteiger partial charge < -0.3 is 9.47 Å². The molecular formula is C39H30O2S2. The van der Waals surface area contributed by atoms with E-state index in [1.54, 1.807) is 0 Å². The molecule has 2 nitrogen and oxygen atoms in total. The Balaban J connectivity index is 1.31. The quantitative estimate of drug-likeness (QED) is 0.163. The third-order valence-electron chi connectivity index (χ3n) is 9.14. The van der Waals surface area contributed by atoms with Crippen molar-refractivity contribution in [1.29, 1.82) is 0 Å². The van der Waals surface area contributed by atoms with Crippen LogP contribution >= 0.6 is 23.5 Å². The van der Waals surface area contributed by atoms with E-state index in [1.165, 1.54) is 66.4 Å². The average Bonchev–Trinajstić information content (AvgIpc) is 4.01. The molecule has 0 N–H and O–H groups in total. The number of ether oxygens (including phenoxy) is 2. The molecule has 210 valence electrons. The first kappa shape index (κ1) is 25.6. The summed E-state index contributed by atoms with van der Waals surface area (Å²) in [5, 5.41) is 6.34. The molecule has 2 fully saturated rings. The Morgan fingerprint density at radius 1 is 0.558 bits per heavy atom. The summed E-state index contributed by atoms with van der Waals surface area (Å²) in [6.07, 6.45) is 0. The number of hydrogen-bond donors (Lipinski definition) is 0. The van der Waals surface area contributed by atoms with Gasteiger partial charge in [-0.25, -0.2) is 0 Å². The Labute approximate surface area is 260 Å². The maximum atomic E-state index is 6.18. The zero-order valence-electron chi connectivity index (χ0n) is 23.7. The van der Waals surface area contributed by atoms with Crippen LogP contribution in [0.25, 0.3) is 32.7 Å². The molecule has 2 aliphatic heterocycles. The molecule has 9 rings (SSSR count). The summed E-state index contributed by atoms with van der Waals surface area (Å²) < 4.78 is 12.4. The number of benzene rings is 6. The van der Waals surface area contributed by atoms with Crippen molar-refractivity contribution in [3.63, 3.8) is 0 Å². The highest BCUT2D eigenvalue weighted by Crippen LogP contribution is 2.59. The topological polar surface area (TPSA) is 18.5 Å². The van der Waals surface area contributed by atoms with Gasteiger partial charge in [-0.2, -0.15) is 23.5 Å². The van der Waals surface area contributed by atoms with Gasteiger partial charge in [-0.1, -0.05) is 84.9 Å². The fourth-order valence-corrected chi connectivity index (χ4v) is 7.68. The average molecular weight is 595 g/mol. The molecule has 0 spiro atoms. The molecule has 0 radical (unpaired) electrons. The maximum absolute atomic E-state index is 6.18. The van der Waals surface area contributed by atoms with E-state index < -0.39 is 5.41 Å². The van der Waals surface area contributed by atoms with E-state index in [4.69, 9.17) is 9.47 Å². The van der Waals surface area contributed by atoms with Crippen LogP contribution in [0.15, 0.2) is 121 Å². The van der Waals surface area contributed by atoms with Crippen LogP contribution in [0, 0.1) is 0 Å². The molecule has 2 heterocycles. The molecule has 3 aliphatic rings. The van der Waals surface area contributed by atoms with Crippen molar-refractivity contribution >= 4 is 45.1 Å². The number of hydrogen-bond acceptors (Lipinski definition) is 4. The normalized spacial score (nSPS) is 21.4. The largest absolute Gasteiger partial charge is 0.492 e. The molecule has 0 saturated carbocycles. The fraction of sp³-hybridized carbons (Fsp3) is 0.179. The van der Waals surface area contributed by atoms with Gasteiger partial charge in [-0.3, -0.25) is 0 Å². The van der Waals surface area contributed by atoms with Crippen LogP contribution in [0.2, 0.25) is 0 Å². The Morgan fingerprint density at radius 3 is 1.67 bits per heavy atom. The lowest BCUT2D eigenvalue weighted by Crippen LogP contribution is -2.29. The van der Waals surface area contributed by atoms with E-state index >= 15 is 0 Å². The molecule has 0 aromatic heterocycles. The van der Waals surface area contributed by atoms with E-state index in [0.717, 1.165) is 24.7 Å². The molecule has 2 atom stereocenters. The molecule has 4 heteroatoms. The first-order valence-corrected chi connectivity index (χ1v) is 17.1. The number of rotatable bonds is 8. The Bertz CT molecular complexity index is 1930. The van der Waals surface area contributed by atoms with Crippen LogP contribution in [0.4, 0.5) is 0 Å². The third kappa shape index (κ3) is 4.34. The molecule has 0 amide bonds. The van der Waals surface area contributed by atoms with Gasteiger partial charge in [0, 0.05) is 22.0 Å². The van der Waals surface area contributed by atoms with Gasteiger partial charge in [0.25, 0.3) is 0 Å². The Kier molecular flexibility index (Phi) is 6.02. The fourth-order valence-electron chi connectivity index (χ4n) is 6.88. The second kappa shape index (κ2) is 10.1. The van der Waals surface area contributed by atoms with Crippen molar-refractivity contribution in [3.05, 3.63) is 144 Å². The third-order valence-corrected chi connectivity index (χ3v) is 11.0. The van der Waals surface area contributed by atoms with Crippen molar-refractivity contribution in [2.45, 2.75) is 15.9 Å². The summed E-state index contributed by atoms with van der Waals surface area (Å²) in [5.41, 5.74) is 7.26. The van der Waals surface area contributed by atoms with Gasteiger partial charge in [0.2, 0.25) is 0 Å². The van der Waals surface area contributed by atoms with E-state index in [-0.39, 0.29) is 0 Å². The first-order valence-electron chi connectivity index (χ1n) is 15.0. The van der Waals surface area contributed by atoms with Gasteiger partial charge >= 0.3 is 0 Å². The van der Waals surface area contributed by atoms with Crippen LogP contribution in [0.3, 0.4) is 0 Å². The zero-order valence-corrected chi connectivity index (χ0v) is 25.3. The first-order chi connectivity index (χ1) is 21.3. The van der Waals surface area contributed by atoms with Crippen LogP contribution in [-0.2, 0) is 5.41 Å². The molecule has 2 unspecified atom stereocenters. The molecule has 2 saturated heterocycles. The number of thioether (sulfide) groups is 2. The molecular weight excluding hydrogens is 565 g/mol. The van der Waals surface area contributed by atoms with E-state index in [2.05, 4.69) is 121 Å². The predicted molar refractivity (Wildman–Crippen MR) is 182 cm³/mol. The van der Waals surface area contributed by atoms with E-state index in [1.807, 2.05) is 23.5 Å². The van der Waals surface area contributed by atoms with E-state index in [9.17, 15) is 0 Å². The smallest absolute Gasteiger partial charge is 0.119 e. The summed E-state index contributed by atoms with van der Waals surface area (Å²) in [4.78, 5) is 0. The minimum absolute atomic E-state index is 0.509. The summed E-state index contributed by atoms with van der Waals surface area (Å²) in [6.45, 7) is 1.55. The lowest BCUT2D eigenvalue weighted by molar-refractivity contribution is 0.329. The maximum Gasteiger partial charge on any atom is 0.119 e. The second-order valence-corrected chi connectivity index (χ2v) is 14.5. The molecule has 6 aromatic carbocycles. The number of fused-ring (bicyclic) bond motifs is 6. The monoisotopic (exact) mass is 594 g/mol. The highest BCUT2D eigenvalue weighted by Gasteiger charge is 2.47. The lowest BCUT2D eigenvalue weighted by Gasteiger charge is -2.35.